The van der Waals surface area contributed by atoms with Gasteiger partial charge in [0.25, 0.3) is 5.91 Å². The van der Waals surface area contributed by atoms with E-state index in [1.165, 1.54) is 30.6 Å². The number of carbonyl (C=O) groups excluding carboxylic acids is 4. The number of rotatable bonds is 6. The van der Waals surface area contributed by atoms with Crippen LogP contribution in [-0.4, -0.2) is 43.6 Å². The van der Waals surface area contributed by atoms with E-state index in [2.05, 4.69) is 25.5 Å². The van der Waals surface area contributed by atoms with Crippen LogP contribution < -0.4 is 5.32 Å². The van der Waals surface area contributed by atoms with E-state index >= 15 is 0 Å². The lowest BCUT2D eigenvalue weighted by Crippen LogP contribution is -2.38. The molecule has 2 aromatic heterocycles. The number of hydrogen-bond donors (Lipinski definition) is 3. The number of esters is 1. The van der Waals surface area contributed by atoms with Crippen LogP contribution in [0.3, 0.4) is 0 Å². The molecule has 3 heterocycles. The van der Waals surface area contributed by atoms with Crippen molar-refractivity contribution in [3.05, 3.63) is 70.3 Å². The zero-order valence-corrected chi connectivity index (χ0v) is 15.9. The highest BCUT2D eigenvalue weighted by molar-refractivity contribution is 7.71. The second kappa shape index (κ2) is 7.79. The molecule has 0 spiro atoms. The number of pyridine rings is 1. The molecule has 0 unspecified atom stereocenters. The van der Waals surface area contributed by atoms with E-state index in [1.54, 1.807) is 18.2 Å². The van der Waals surface area contributed by atoms with Crippen molar-refractivity contribution in [2.24, 2.45) is 5.92 Å². The summed E-state index contributed by atoms with van der Waals surface area (Å²) in [6.45, 7) is 0. The number of anilines is 1. The molecule has 3 aromatic rings. The SMILES string of the molecule is O=C(Nc1nc(=S)[nH][nH]1)C(=O)[C@H](C(=O)c1ccncc1)[C@@H]1OC(=O)c2ccccc21. The predicted octanol–water partition coefficient (Wildman–Crippen LogP) is 1.78. The van der Waals surface area contributed by atoms with E-state index in [0.717, 1.165) is 0 Å². The number of aromatic amines is 2. The zero-order valence-electron chi connectivity index (χ0n) is 15.1. The van der Waals surface area contributed by atoms with Crippen molar-refractivity contribution >= 4 is 41.6 Å². The fourth-order valence-corrected chi connectivity index (χ4v) is 3.29. The normalized spacial score (nSPS) is 15.7. The van der Waals surface area contributed by atoms with Crippen molar-refractivity contribution in [3.8, 4) is 0 Å². The number of benzene rings is 1. The van der Waals surface area contributed by atoms with E-state index in [4.69, 9.17) is 17.0 Å². The molecule has 11 heteroatoms. The van der Waals surface area contributed by atoms with Crippen molar-refractivity contribution in [3.63, 3.8) is 0 Å². The summed E-state index contributed by atoms with van der Waals surface area (Å²) in [7, 11) is 0. The maximum Gasteiger partial charge on any atom is 0.339 e. The molecule has 1 amide bonds. The quantitative estimate of drug-likeness (QED) is 0.179. The average molecular weight is 423 g/mol. The summed E-state index contributed by atoms with van der Waals surface area (Å²) in [6, 6.07) is 9.21. The van der Waals surface area contributed by atoms with Crippen LogP contribution in [0.25, 0.3) is 0 Å². The number of ketones is 2. The lowest BCUT2D eigenvalue weighted by molar-refractivity contribution is -0.138. The van der Waals surface area contributed by atoms with Gasteiger partial charge in [0, 0.05) is 23.5 Å². The molecule has 2 atom stereocenters. The number of H-pyrrole nitrogens is 2. The van der Waals surface area contributed by atoms with Crippen molar-refractivity contribution in [1.82, 2.24) is 20.2 Å². The molecule has 1 aliphatic rings. The first kappa shape index (κ1) is 19.3. The Balaban J connectivity index is 1.72. The molecule has 0 radical (unpaired) electrons. The van der Waals surface area contributed by atoms with Gasteiger partial charge < -0.3 is 4.74 Å². The summed E-state index contributed by atoms with van der Waals surface area (Å²) in [4.78, 5) is 58.7. The number of nitrogens with zero attached hydrogens (tertiary/aromatic N) is 2. The summed E-state index contributed by atoms with van der Waals surface area (Å²) in [5, 5.41) is 7.20. The van der Waals surface area contributed by atoms with Crippen LogP contribution >= 0.6 is 12.2 Å². The molecule has 4 rings (SSSR count). The molecule has 0 fully saturated rings. The van der Waals surface area contributed by atoms with Crippen LogP contribution in [0, 0.1) is 10.7 Å². The van der Waals surface area contributed by atoms with E-state index in [0.29, 0.717) is 5.56 Å². The van der Waals surface area contributed by atoms with Crippen molar-refractivity contribution in [2.75, 3.05) is 5.32 Å². The minimum Gasteiger partial charge on any atom is -0.453 e. The third-order valence-electron chi connectivity index (χ3n) is 4.51. The molecule has 3 N–H and O–H groups in total. The number of cyclic esters (lactones) is 1. The number of Topliss-reactive ketones (excluding diaryl/α,β-unsaturated/α-hetero) is 2. The van der Waals surface area contributed by atoms with Gasteiger partial charge in [-0.3, -0.25) is 34.9 Å². The first-order valence-electron chi connectivity index (χ1n) is 8.69. The standard InChI is InChI=1S/C19H13N5O5S/c25-13(9-5-7-20-8-6-9)12(14(26)16(27)21-18-22-19(30)24-23-18)15-10-3-1-2-4-11(10)17(28)29-15/h1-8,12,15H,(H3,21,22,23,24,27,30)/t12-,15+/m0/s1. The summed E-state index contributed by atoms with van der Waals surface area (Å²) in [5.41, 5.74) is 0.741. The highest BCUT2D eigenvalue weighted by atomic mass is 32.1. The van der Waals surface area contributed by atoms with Gasteiger partial charge in [0.05, 0.1) is 5.56 Å². The number of fused-ring (bicyclic) bond motifs is 1. The summed E-state index contributed by atoms with van der Waals surface area (Å²) < 4.78 is 5.41. The first-order valence-corrected chi connectivity index (χ1v) is 9.10. The fraction of sp³-hybridized carbons (Fsp3) is 0.105. The van der Waals surface area contributed by atoms with E-state index in [1.807, 2.05) is 0 Å². The minimum atomic E-state index is -1.60. The van der Waals surface area contributed by atoms with Crippen LogP contribution in [-0.2, 0) is 14.3 Å². The Morgan fingerprint density at radius 2 is 1.83 bits per heavy atom. The van der Waals surface area contributed by atoms with Crippen LogP contribution in [0.5, 0.6) is 0 Å². The van der Waals surface area contributed by atoms with E-state index < -0.39 is 35.5 Å². The number of carbonyl (C=O) groups is 4. The first-order chi connectivity index (χ1) is 14.5. The molecule has 30 heavy (non-hydrogen) atoms. The van der Waals surface area contributed by atoms with Crippen molar-refractivity contribution in [2.45, 2.75) is 6.10 Å². The van der Waals surface area contributed by atoms with Crippen LogP contribution in [0.1, 0.15) is 32.4 Å². The molecular formula is C19H13N5O5S. The smallest absolute Gasteiger partial charge is 0.339 e. The van der Waals surface area contributed by atoms with Crippen molar-refractivity contribution < 1.29 is 23.9 Å². The molecule has 0 aliphatic carbocycles. The molecule has 0 saturated heterocycles. The number of ether oxygens (including phenoxy) is 1. The second-order valence-electron chi connectivity index (χ2n) is 6.32. The Labute approximate surface area is 173 Å². The minimum absolute atomic E-state index is 0.0702. The van der Waals surface area contributed by atoms with Crippen molar-refractivity contribution in [1.29, 1.82) is 0 Å². The Kier molecular flexibility index (Phi) is 5.02. The second-order valence-corrected chi connectivity index (χ2v) is 6.71. The largest absolute Gasteiger partial charge is 0.453 e. The number of amides is 1. The zero-order chi connectivity index (χ0) is 21.3. The Morgan fingerprint density at radius 3 is 2.53 bits per heavy atom. The highest BCUT2D eigenvalue weighted by Gasteiger charge is 2.46. The van der Waals surface area contributed by atoms with Gasteiger partial charge >= 0.3 is 5.97 Å². The van der Waals surface area contributed by atoms with Gasteiger partial charge in [0.2, 0.25) is 16.5 Å². The Hall–Kier alpha value is -3.99. The van der Waals surface area contributed by atoms with Gasteiger partial charge in [-0.1, -0.05) is 18.2 Å². The lowest BCUT2D eigenvalue weighted by atomic mass is 9.85. The number of hydrogen-bond acceptors (Lipinski definition) is 8. The average Bonchev–Trinajstić information content (AvgIpc) is 3.32. The van der Waals surface area contributed by atoms with Gasteiger partial charge in [-0.2, -0.15) is 4.98 Å². The summed E-state index contributed by atoms with van der Waals surface area (Å²) in [5.74, 6) is -5.23. The Bertz CT molecular complexity index is 1220. The summed E-state index contributed by atoms with van der Waals surface area (Å²) >= 11 is 4.80. The molecule has 1 aromatic carbocycles. The monoisotopic (exact) mass is 423 g/mol. The van der Waals surface area contributed by atoms with Crippen LogP contribution in [0.2, 0.25) is 0 Å². The topological polar surface area (TPSA) is 147 Å². The summed E-state index contributed by atoms with van der Waals surface area (Å²) in [6.07, 6.45) is 1.52. The molecule has 10 nitrogen and oxygen atoms in total. The van der Waals surface area contributed by atoms with E-state index in [-0.39, 0.29) is 21.8 Å². The van der Waals surface area contributed by atoms with Gasteiger partial charge in [0.15, 0.2) is 5.78 Å². The van der Waals surface area contributed by atoms with Gasteiger partial charge in [-0.05, 0) is 30.4 Å². The molecule has 150 valence electrons. The van der Waals surface area contributed by atoms with Gasteiger partial charge in [0.1, 0.15) is 12.0 Å². The molecular weight excluding hydrogens is 410 g/mol. The third-order valence-corrected chi connectivity index (χ3v) is 4.70. The maximum atomic E-state index is 13.2. The van der Waals surface area contributed by atoms with Crippen LogP contribution in [0.15, 0.2) is 48.8 Å². The van der Waals surface area contributed by atoms with E-state index in [9.17, 15) is 19.2 Å². The molecule has 1 aliphatic heterocycles. The predicted molar refractivity (Wildman–Crippen MR) is 104 cm³/mol. The maximum absolute atomic E-state index is 13.2. The lowest BCUT2D eigenvalue weighted by Gasteiger charge is -2.20. The number of aromatic nitrogens is 4. The fourth-order valence-electron chi connectivity index (χ4n) is 3.15. The van der Waals surface area contributed by atoms with Crippen LogP contribution in [0.4, 0.5) is 5.95 Å². The highest BCUT2D eigenvalue weighted by Crippen LogP contribution is 2.38. The Morgan fingerprint density at radius 1 is 1.10 bits per heavy atom. The molecule has 0 bridgehead atoms. The molecule has 0 saturated carbocycles. The van der Waals surface area contributed by atoms with Gasteiger partial charge in [-0.25, -0.2) is 4.79 Å². The number of nitrogens with one attached hydrogen (secondary N) is 3. The third kappa shape index (κ3) is 3.53. The van der Waals surface area contributed by atoms with Gasteiger partial charge in [-0.15, -0.1) is 0 Å².